The molecule has 1 atom stereocenters. The molecule has 0 radical (unpaired) electrons. The fraction of sp³-hybridized carbons (Fsp3) is 0.0625. The van der Waals surface area contributed by atoms with Gasteiger partial charge in [-0.05, 0) is 44.3 Å². The minimum atomic E-state index is 0.270. The van der Waals surface area contributed by atoms with Crippen LogP contribution in [0.1, 0.15) is 22.8 Å². The van der Waals surface area contributed by atoms with Gasteiger partial charge in [-0.25, -0.2) is 0 Å². The number of rotatable bonds is 1. The van der Waals surface area contributed by atoms with Gasteiger partial charge in [-0.3, -0.25) is 0 Å². The van der Waals surface area contributed by atoms with E-state index in [4.69, 9.17) is 4.42 Å². The maximum atomic E-state index is 6.63. The molecule has 2 heteroatoms. The van der Waals surface area contributed by atoms with Gasteiger partial charge in [-0.1, -0.05) is 97.1 Å². The third-order valence-corrected chi connectivity index (χ3v) is 7.59. The highest BCUT2D eigenvalue weighted by Crippen LogP contribution is 2.51. The first-order valence-corrected chi connectivity index (χ1v) is 11.9. The summed E-state index contributed by atoms with van der Waals surface area (Å²) in [6, 6.07) is 37.2. The molecule has 7 aromatic rings. The van der Waals surface area contributed by atoms with Crippen LogP contribution in [0.25, 0.3) is 54.7 Å². The van der Waals surface area contributed by atoms with Gasteiger partial charge < -0.3 is 9.40 Å². The van der Waals surface area contributed by atoms with Crippen LogP contribution in [-0.2, 0) is 6.42 Å². The molecule has 1 aliphatic carbocycles. The van der Waals surface area contributed by atoms with Crippen molar-refractivity contribution in [3.63, 3.8) is 0 Å². The Morgan fingerprint density at radius 3 is 2.18 bits per heavy atom. The minimum absolute atomic E-state index is 0.270. The molecule has 0 amide bonds. The van der Waals surface area contributed by atoms with Crippen molar-refractivity contribution in [3.05, 3.63) is 120 Å². The van der Waals surface area contributed by atoms with Gasteiger partial charge in [-0.2, -0.15) is 0 Å². The highest BCUT2D eigenvalue weighted by atomic mass is 16.3. The minimum Gasteiger partial charge on any atom is -0.444 e. The van der Waals surface area contributed by atoms with Crippen molar-refractivity contribution in [2.24, 2.45) is 0 Å². The van der Waals surface area contributed by atoms with Gasteiger partial charge in [0.15, 0.2) is 0 Å². The average Bonchev–Trinajstić information content (AvgIpc) is 3.44. The fourth-order valence-corrected chi connectivity index (χ4v) is 6.12. The molecule has 0 fully saturated rings. The maximum Gasteiger partial charge on any atom is 0.206 e. The number of hydrogen-bond acceptors (Lipinski definition) is 1. The molecule has 0 saturated heterocycles. The predicted octanol–water partition coefficient (Wildman–Crippen LogP) is 8.58. The first-order chi connectivity index (χ1) is 16.9. The topological polar surface area (TPSA) is 28.9 Å². The summed E-state index contributed by atoms with van der Waals surface area (Å²) in [5, 5.41) is 7.55. The van der Waals surface area contributed by atoms with E-state index in [-0.39, 0.29) is 5.92 Å². The molecule has 0 saturated carbocycles. The molecule has 8 rings (SSSR count). The number of furan rings is 1. The largest absolute Gasteiger partial charge is 0.444 e. The SMILES string of the molecule is c1ccc(C2Cc3oc4[nH]c5ccc6ccccc6c5c4c3-c3c2ccc2ccccc32)cc1. The second-order valence-electron chi connectivity index (χ2n) is 9.36. The molecular weight excluding hydrogens is 414 g/mol. The number of H-pyrrole nitrogens is 1. The van der Waals surface area contributed by atoms with Crippen molar-refractivity contribution >= 4 is 43.5 Å². The highest BCUT2D eigenvalue weighted by molar-refractivity contribution is 6.25. The molecule has 0 bridgehead atoms. The van der Waals surface area contributed by atoms with E-state index < -0.39 is 0 Å². The van der Waals surface area contributed by atoms with Crippen molar-refractivity contribution in [2.45, 2.75) is 12.3 Å². The number of hydrogen-bond donors (Lipinski definition) is 1. The van der Waals surface area contributed by atoms with Crippen LogP contribution in [0.5, 0.6) is 0 Å². The second-order valence-corrected chi connectivity index (χ2v) is 9.36. The lowest BCUT2D eigenvalue weighted by atomic mass is 9.76. The van der Waals surface area contributed by atoms with E-state index in [2.05, 4.69) is 108 Å². The van der Waals surface area contributed by atoms with Crippen LogP contribution in [0.15, 0.2) is 108 Å². The van der Waals surface area contributed by atoms with Crippen LogP contribution in [0.2, 0.25) is 0 Å². The summed E-state index contributed by atoms with van der Waals surface area (Å²) in [6.45, 7) is 0. The molecule has 2 heterocycles. The standard InChI is InChI=1S/C32H21NO/c1-2-8-19(9-3-1)25-18-27-30(28-22-12-6-4-10-20(22)14-16-24(25)28)31-29-23-13-7-5-11-21(23)15-17-26(29)33-32(31)34-27/h1-17,25,33H,18H2. The summed E-state index contributed by atoms with van der Waals surface area (Å²) in [6.07, 6.45) is 0.861. The van der Waals surface area contributed by atoms with E-state index in [9.17, 15) is 0 Å². The van der Waals surface area contributed by atoms with E-state index in [1.807, 2.05) is 0 Å². The molecule has 2 nitrogen and oxygen atoms in total. The lowest BCUT2D eigenvalue weighted by Gasteiger charge is -2.27. The quantitative estimate of drug-likeness (QED) is 0.275. The third-order valence-electron chi connectivity index (χ3n) is 7.59. The van der Waals surface area contributed by atoms with Crippen molar-refractivity contribution in [3.8, 4) is 11.1 Å². The Bertz CT molecular complexity index is 1890. The van der Waals surface area contributed by atoms with E-state index >= 15 is 0 Å². The zero-order chi connectivity index (χ0) is 22.2. The van der Waals surface area contributed by atoms with Gasteiger partial charge in [0.25, 0.3) is 0 Å². The zero-order valence-corrected chi connectivity index (χ0v) is 18.5. The number of benzene rings is 5. The van der Waals surface area contributed by atoms with Crippen LogP contribution in [-0.4, -0.2) is 4.98 Å². The Kier molecular flexibility index (Phi) is 3.53. The molecule has 2 aromatic heterocycles. The van der Waals surface area contributed by atoms with Crippen LogP contribution in [0.3, 0.4) is 0 Å². The maximum absolute atomic E-state index is 6.63. The van der Waals surface area contributed by atoms with Gasteiger partial charge in [0.05, 0.1) is 5.39 Å². The lowest BCUT2D eigenvalue weighted by molar-refractivity contribution is 0.524. The predicted molar refractivity (Wildman–Crippen MR) is 141 cm³/mol. The number of aromatic amines is 1. The molecule has 1 unspecified atom stereocenters. The summed E-state index contributed by atoms with van der Waals surface area (Å²) in [4.78, 5) is 3.59. The van der Waals surface area contributed by atoms with Gasteiger partial charge in [0.2, 0.25) is 5.71 Å². The Balaban J connectivity index is 1.55. The number of aromatic nitrogens is 1. The first-order valence-electron chi connectivity index (χ1n) is 11.9. The second kappa shape index (κ2) is 6.61. The smallest absolute Gasteiger partial charge is 0.206 e. The lowest BCUT2D eigenvalue weighted by Crippen LogP contribution is -2.12. The highest BCUT2D eigenvalue weighted by Gasteiger charge is 2.33. The molecule has 5 aromatic carbocycles. The first kappa shape index (κ1) is 18.2. The van der Waals surface area contributed by atoms with Crippen molar-refractivity contribution in [1.29, 1.82) is 0 Å². The van der Waals surface area contributed by atoms with Crippen LogP contribution in [0, 0.1) is 0 Å². The molecule has 0 aliphatic heterocycles. The monoisotopic (exact) mass is 435 g/mol. The molecule has 0 spiro atoms. The summed E-state index contributed by atoms with van der Waals surface area (Å²) in [5.74, 6) is 1.35. The fourth-order valence-electron chi connectivity index (χ4n) is 6.12. The zero-order valence-electron chi connectivity index (χ0n) is 18.5. The Labute approximate surface area is 196 Å². The normalized spacial score (nSPS) is 15.2. The molecule has 1 N–H and O–H groups in total. The van der Waals surface area contributed by atoms with Crippen LogP contribution < -0.4 is 0 Å². The summed E-state index contributed by atoms with van der Waals surface area (Å²) < 4.78 is 6.63. The van der Waals surface area contributed by atoms with E-state index in [1.54, 1.807) is 0 Å². The number of fused-ring (bicyclic) bond motifs is 11. The van der Waals surface area contributed by atoms with Crippen molar-refractivity contribution < 1.29 is 4.42 Å². The summed E-state index contributed by atoms with van der Waals surface area (Å²) in [5.41, 5.74) is 7.30. The third kappa shape index (κ3) is 2.35. The van der Waals surface area contributed by atoms with E-state index in [1.165, 1.54) is 54.6 Å². The summed E-state index contributed by atoms with van der Waals surface area (Å²) in [7, 11) is 0. The molecule has 160 valence electrons. The van der Waals surface area contributed by atoms with Gasteiger partial charge >= 0.3 is 0 Å². The van der Waals surface area contributed by atoms with Crippen molar-refractivity contribution in [2.75, 3.05) is 0 Å². The van der Waals surface area contributed by atoms with Crippen molar-refractivity contribution in [1.82, 2.24) is 4.98 Å². The number of nitrogens with one attached hydrogen (secondary N) is 1. The van der Waals surface area contributed by atoms with Gasteiger partial charge in [0, 0.05) is 28.8 Å². The molecular formula is C32H21NO. The summed E-state index contributed by atoms with van der Waals surface area (Å²) >= 11 is 0. The Hall–Kier alpha value is -4.30. The molecule has 1 aliphatic rings. The van der Waals surface area contributed by atoms with Gasteiger partial charge in [-0.15, -0.1) is 0 Å². The average molecular weight is 436 g/mol. The van der Waals surface area contributed by atoms with E-state index in [0.29, 0.717) is 0 Å². The van der Waals surface area contributed by atoms with E-state index in [0.717, 1.165) is 23.4 Å². The molecule has 34 heavy (non-hydrogen) atoms. The van der Waals surface area contributed by atoms with Crippen LogP contribution in [0.4, 0.5) is 0 Å². The van der Waals surface area contributed by atoms with Gasteiger partial charge in [0.1, 0.15) is 5.76 Å². The Morgan fingerprint density at radius 2 is 1.32 bits per heavy atom. The Morgan fingerprint density at radius 1 is 0.618 bits per heavy atom. The van der Waals surface area contributed by atoms with Crippen LogP contribution >= 0.6 is 0 Å².